The molecule has 1 heterocycles. The fourth-order valence-corrected chi connectivity index (χ4v) is 5.25. The number of nitrogens with one attached hydrogen (secondary N) is 1. The van der Waals surface area contributed by atoms with Crippen LogP contribution in [-0.2, 0) is 19.4 Å². The Morgan fingerprint density at radius 2 is 1.68 bits per heavy atom. The largest absolute Gasteiger partial charge is 0.383 e. The van der Waals surface area contributed by atoms with Crippen LogP contribution in [0.4, 0.5) is 10.2 Å². The van der Waals surface area contributed by atoms with E-state index in [9.17, 15) is 9.18 Å². The van der Waals surface area contributed by atoms with Crippen molar-refractivity contribution in [2.75, 3.05) is 5.73 Å². The van der Waals surface area contributed by atoms with E-state index in [-0.39, 0.29) is 18.3 Å². The summed E-state index contributed by atoms with van der Waals surface area (Å²) in [4.78, 5) is 17.2. The number of pyridine rings is 1. The minimum Gasteiger partial charge on any atom is -0.383 e. The van der Waals surface area contributed by atoms with Crippen LogP contribution in [0, 0.1) is 5.82 Å². The molecule has 0 bridgehead atoms. The van der Waals surface area contributed by atoms with Gasteiger partial charge in [0.15, 0.2) is 0 Å². The third kappa shape index (κ3) is 4.43. The van der Waals surface area contributed by atoms with Crippen molar-refractivity contribution in [3.8, 4) is 11.1 Å². The van der Waals surface area contributed by atoms with Crippen LogP contribution in [0.3, 0.4) is 0 Å². The smallest absolute Gasteiger partial charge is 0.251 e. The van der Waals surface area contributed by atoms with Crippen molar-refractivity contribution in [3.63, 3.8) is 0 Å². The first kappa shape index (κ1) is 23.2. The zero-order chi connectivity index (χ0) is 25.5. The number of anilines is 1. The molecule has 182 valence electrons. The average molecular weight is 508 g/mol. The molecule has 3 N–H and O–H groups in total. The highest BCUT2D eigenvalue weighted by molar-refractivity contribution is 6.32. The Morgan fingerprint density at radius 3 is 2.51 bits per heavy atom. The number of nitrogens with zero attached hydrogens (tertiary/aromatic N) is 1. The summed E-state index contributed by atoms with van der Waals surface area (Å²) < 4.78 is 14.3. The molecule has 1 amide bonds. The molecule has 1 aromatic heterocycles. The van der Waals surface area contributed by atoms with Crippen molar-refractivity contribution >= 4 is 34.1 Å². The highest BCUT2D eigenvalue weighted by Gasteiger charge is 2.19. The lowest BCUT2D eigenvalue weighted by Gasteiger charge is -2.21. The van der Waals surface area contributed by atoms with Crippen molar-refractivity contribution in [1.29, 1.82) is 0 Å². The average Bonchev–Trinajstić information content (AvgIpc) is 2.90. The topological polar surface area (TPSA) is 68.0 Å². The normalized spacial score (nSPS) is 12.2. The van der Waals surface area contributed by atoms with Gasteiger partial charge in [0.1, 0.15) is 11.6 Å². The first-order valence-corrected chi connectivity index (χ1v) is 12.4. The first-order valence-electron chi connectivity index (χ1n) is 12.1. The van der Waals surface area contributed by atoms with E-state index in [1.54, 1.807) is 18.3 Å². The van der Waals surface area contributed by atoms with Gasteiger partial charge < -0.3 is 11.1 Å². The summed E-state index contributed by atoms with van der Waals surface area (Å²) in [7, 11) is 0. The molecule has 0 spiro atoms. The number of fused-ring (bicyclic) bond motifs is 3. The van der Waals surface area contributed by atoms with Crippen molar-refractivity contribution in [2.24, 2.45) is 0 Å². The Morgan fingerprint density at radius 1 is 0.919 bits per heavy atom. The van der Waals surface area contributed by atoms with Crippen molar-refractivity contribution in [2.45, 2.75) is 19.4 Å². The van der Waals surface area contributed by atoms with Crippen LogP contribution in [-0.4, -0.2) is 10.9 Å². The molecule has 1 aliphatic carbocycles. The molecular weight excluding hydrogens is 485 g/mol. The molecule has 0 atom stereocenters. The van der Waals surface area contributed by atoms with Gasteiger partial charge in [-0.25, -0.2) is 9.37 Å². The molecule has 0 saturated heterocycles. The summed E-state index contributed by atoms with van der Waals surface area (Å²) in [6, 6.07) is 24.3. The second-order valence-corrected chi connectivity index (χ2v) is 9.75. The molecule has 0 aliphatic heterocycles. The quantitative estimate of drug-likeness (QED) is 0.279. The summed E-state index contributed by atoms with van der Waals surface area (Å²) in [5.41, 5.74) is 13.5. The van der Waals surface area contributed by atoms with Crippen LogP contribution in [0.2, 0.25) is 5.02 Å². The molecule has 6 heteroatoms. The van der Waals surface area contributed by atoms with Crippen LogP contribution < -0.4 is 11.1 Å². The van der Waals surface area contributed by atoms with E-state index >= 15 is 0 Å². The number of nitrogen functional groups attached to an aromatic ring is 1. The van der Waals surface area contributed by atoms with Crippen LogP contribution >= 0.6 is 11.6 Å². The highest BCUT2D eigenvalue weighted by Crippen LogP contribution is 2.32. The fourth-order valence-electron chi connectivity index (χ4n) is 5.01. The van der Waals surface area contributed by atoms with E-state index in [4.69, 9.17) is 17.3 Å². The number of amides is 1. The maximum absolute atomic E-state index is 14.3. The monoisotopic (exact) mass is 507 g/mol. The molecule has 0 radical (unpaired) electrons. The number of carbonyl (C=O) groups excluding carboxylic acids is 1. The standard InChI is InChI=1S/C31H23ClFN3O/c32-28-16-21-9-10-35-30(34)27(21)15-25(28)17-36-31(37)22-8-6-19-11-18-5-7-20(12-23(18)14-24(19)13-22)26-3-1-2-4-29(26)33/h1-10,12-13,15-16H,11,14,17H2,(H2,34,35)(H,36,37). The van der Waals surface area contributed by atoms with E-state index in [1.807, 2.05) is 48.5 Å². The third-order valence-electron chi connectivity index (χ3n) is 7.02. The summed E-state index contributed by atoms with van der Waals surface area (Å²) in [5, 5.41) is 5.25. The third-order valence-corrected chi connectivity index (χ3v) is 7.37. The van der Waals surface area contributed by atoms with Crippen LogP contribution in [0.15, 0.2) is 85.1 Å². The number of nitrogens with two attached hydrogens (primary N) is 1. The predicted molar refractivity (Wildman–Crippen MR) is 146 cm³/mol. The minimum absolute atomic E-state index is 0.177. The Bertz CT molecular complexity index is 1700. The SMILES string of the molecule is Nc1nccc2cc(Cl)c(CNC(=O)c3ccc4c(c3)Cc3cc(-c5ccccc5F)ccc3C4)cc12. The molecule has 37 heavy (non-hydrogen) atoms. The molecule has 5 aromatic rings. The van der Waals surface area contributed by atoms with Gasteiger partial charge in [-0.3, -0.25) is 4.79 Å². The number of benzene rings is 4. The Balaban J connectivity index is 1.22. The van der Waals surface area contributed by atoms with Crippen molar-refractivity contribution in [1.82, 2.24) is 10.3 Å². The first-order chi connectivity index (χ1) is 18.0. The number of aromatic nitrogens is 1. The zero-order valence-corrected chi connectivity index (χ0v) is 20.6. The minimum atomic E-state index is -0.233. The van der Waals surface area contributed by atoms with Gasteiger partial charge in [0.05, 0.1) is 0 Å². The molecule has 4 nitrogen and oxygen atoms in total. The maximum atomic E-state index is 14.3. The molecule has 0 unspecified atom stereocenters. The molecule has 1 aliphatic rings. The Labute approximate surface area is 218 Å². The lowest BCUT2D eigenvalue weighted by Crippen LogP contribution is -2.23. The van der Waals surface area contributed by atoms with Gasteiger partial charge in [-0.2, -0.15) is 0 Å². The molecular formula is C31H23ClFN3O. The Kier molecular flexibility index (Phi) is 5.85. The lowest BCUT2D eigenvalue weighted by atomic mass is 9.83. The second-order valence-electron chi connectivity index (χ2n) is 9.34. The molecule has 6 rings (SSSR count). The van der Waals surface area contributed by atoms with Gasteiger partial charge >= 0.3 is 0 Å². The Hall–Kier alpha value is -4.22. The molecule has 4 aromatic carbocycles. The molecule has 0 fully saturated rings. The van der Waals surface area contributed by atoms with E-state index in [0.29, 0.717) is 28.4 Å². The fraction of sp³-hybridized carbons (Fsp3) is 0.0968. The van der Waals surface area contributed by atoms with Gasteiger partial charge in [-0.05, 0) is 88.0 Å². The van der Waals surface area contributed by atoms with Crippen molar-refractivity contribution in [3.05, 3.63) is 129 Å². The molecule has 0 saturated carbocycles. The maximum Gasteiger partial charge on any atom is 0.251 e. The summed E-state index contributed by atoms with van der Waals surface area (Å²) in [5.74, 6) is 0.0157. The van der Waals surface area contributed by atoms with Gasteiger partial charge in [-0.15, -0.1) is 0 Å². The van der Waals surface area contributed by atoms with E-state index in [1.165, 1.54) is 17.2 Å². The summed E-state index contributed by atoms with van der Waals surface area (Å²) >= 11 is 6.46. The lowest BCUT2D eigenvalue weighted by molar-refractivity contribution is 0.0951. The summed E-state index contributed by atoms with van der Waals surface area (Å²) in [6.45, 7) is 0.272. The number of hydrogen-bond donors (Lipinski definition) is 2. The number of halogens is 2. The van der Waals surface area contributed by atoms with Gasteiger partial charge in [0.2, 0.25) is 0 Å². The van der Waals surface area contributed by atoms with Gasteiger partial charge in [0, 0.05) is 34.3 Å². The number of carbonyl (C=O) groups is 1. The highest BCUT2D eigenvalue weighted by atomic mass is 35.5. The van der Waals surface area contributed by atoms with Crippen molar-refractivity contribution < 1.29 is 9.18 Å². The van der Waals surface area contributed by atoms with E-state index in [0.717, 1.165) is 39.4 Å². The van der Waals surface area contributed by atoms with E-state index in [2.05, 4.69) is 22.4 Å². The number of rotatable bonds is 4. The summed E-state index contributed by atoms with van der Waals surface area (Å²) in [6.07, 6.45) is 3.12. The van der Waals surface area contributed by atoms with Gasteiger partial charge in [-0.1, -0.05) is 54.1 Å². The van der Waals surface area contributed by atoms with Crippen LogP contribution in [0.1, 0.15) is 38.2 Å². The number of hydrogen-bond acceptors (Lipinski definition) is 3. The van der Waals surface area contributed by atoms with Crippen LogP contribution in [0.25, 0.3) is 21.9 Å². The van der Waals surface area contributed by atoms with Crippen LogP contribution in [0.5, 0.6) is 0 Å². The van der Waals surface area contributed by atoms with Gasteiger partial charge in [0.25, 0.3) is 5.91 Å². The zero-order valence-electron chi connectivity index (χ0n) is 19.9. The predicted octanol–water partition coefficient (Wildman–Crippen LogP) is 6.70. The van der Waals surface area contributed by atoms with E-state index < -0.39 is 0 Å². The second kappa shape index (κ2) is 9.34.